The van der Waals surface area contributed by atoms with Crippen LogP contribution in [-0.4, -0.2) is 43.2 Å². The van der Waals surface area contributed by atoms with Crippen molar-refractivity contribution in [2.45, 2.75) is 32.9 Å². The predicted molar refractivity (Wildman–Crippen MR) is 81.9 cm³/mol. The van der Waals surface area contributed by atoms with Gasteiger partial charge in [-0.05, 0) is 24.3 Å². The zero-order valence-electron chi connectivity index (χ0n) is 12.5. The van der Waals surface area contributed by atoms with E-state index in [9.17, 15) is 4.79 Å². The van der Waals surface area contributed by atoms with E-state index in [0.717, 1.165) is 0 Å². The van der Waals surface area contributed by atoms with Gasteiger partial charge in [-0.3, -0.25) is 10.1 Å². The van der Waals surface area contributed by atoms with Crippen LogP contribution in [0.1, 0.15) is 31.7 Å². The van der Waals surface area contributed by atoms with Crippen LogP contribution >= 0.6 is 11.3 Å². The number of morpholine rings is 1. The van der Waals surface area contributed by atoms with Crippen molar-refractivity contribution in [3.63, 3.8) is 0 Å². The van der Waals surface area contributed by atoms with Gasteiger partial charge in [0, 0.05) is 24.0 Å². The SMILES string of the molecule is CC(NC(c1cccs1)C(C)C)C(=O)N1CCOCC1. The molecule has 2 unspecified atom stereocenters. The molecule has 4 nitrogen and oxygen atoms in total. The van der Waals surface area contributed by atoms with E-state index in [1.54, 1.807) is 11.3 Å². The van der Waals surface area contributed by atoms with Gasteiger partial charge in [-0.1, -0.05) is 19.9 Å². The van der Waals surface area contributed by atoms with Crippen LogP contribution in [0.5, 0.6) is 0 Å². The molecule has 2 rings (SSSR count). The lowest BCUT2D eigenvalue weighted by atomic mass is 10.0. The lowest BCUT2D eigenvalue weighted by Crippen LogP contribution is -2.50. The minimum absolute atomic E-state index is 0.164. The Labute approximate surface area is 125 Å². The molecule has 1 aromatic heterocycles. The predicted octanol–water partition coefficient (Wildman–Crippen LogP) is 2.28. The average Bonchev–Trinajstić information content (AvgIpc) is 2.98. The number of rotatable bonds is 5. The third kappa shape index (κ3) is 3.81. The molecule has 1 fully saturated rings. The fourth-order valence-corrected chi connectivity index (χ4v) is 3.43. The summed E-state index contributed by atoms with van der Waals surface area (Å²) < 4.78 is 5.30. The maximum atomic E-state index is 12.4. The molecule has 0 radical (unpaired) electrons. The van der Waals surface area contributed by atoms with Crippen LogP contribution in [0.4, 0.5) is 0 Å². The minimum Gasteiger partial charge on any atom is -0.378 e. The number of nitrogens with zero attached hydrogens (tertiary/aromatic N) is 1. The summed E-state index contributed by atoms with van der Waals surface area (Å²) in [4.78, 5) is 15.6. The van der Waals surface area contributed by atoms with E-state index in [2.05, 4.69) is 36.7 Å². The van der Waals surface area contributed by atoms with E-state index < -0.39 is 0 Å². The van der Waals surface area contributed by atoms with E-state index >= 15 is 0 Å². The van der Waals surface area contributed by atoms with E-state index in [1.807, 2.05) is 11.8 Å². The summed E-state index contributed by atoms with van der Waals surface area (Å²) >= 11 is 1.74. The second-order valence-corrected chi connectivity index (χ2v) is 6.54. The Morgan fingerprint density at radius 3 is 2.60 bits per heavy atom. The summed E-state index contributed by atoms with van der Waals surface area (Å²) in [7, 11) is 0. The largest absolute Gasteiger partial charge is 0.378 e. The first kappa shape index (κ1) is 15.5. The zero-order chi connectivity index (χ0) is 14.5. The van der Waals surface area contributed by atoms with Crippen molar-refractivity contribution in [3.05, 3.63) is 22.4 Å². The molecule has 20 heavy (non-hydrogen) atoms. The summed E-state index contributed by atoms with van der Waals surface area (Å²) in [6, 6.07) is 4.26. The summed E-state index contributed by atoms with van der Waals surface area (Å²) in [5.41, 5.74) is 0. The van der Waals surface area contributed by atoms with Crippen molar-refractivity contribution in [1.29, 1.82) is 0 Å². The molecule has 2 atom stereocenters. The number of hydrogen-bond acceptors (Lipinski definition) is 4. The number of amides is 1. The normalized spacial score (nSPS) is 19.1. The molecule has 0 spiro atoms. The Balaban J connectivity index is 1.97. The number of ether oxygens (including phenoxy) is 1. The Morgan fingerprint density at radius 1 is 1.35 bits per heavy atom. The van der Waals surface area contributed by atoms with Gasteiger partial charge in [-0.25, -0.2) is 0 Å². The summed E-state index contributed by atoms with van der Waals surface area (Å²) in [6.07, 6.45) is 0. The molecule has 0 aliphatic carbocycles. The van der Waals surface area contributed by atoms with Crippen LogP contribution in [0.15, 0.2) is 17.5 Å². The molecular weight excluding hydrogens is 272 g/mol. The van der Waals surface area contributed by atoms with Crippen molar-refractivity contribution in [3.8, 4) is 0 Å². The highest BCUT2D eigenvalue weighted by molar-refractivity contribution is 7.10. The average molecular weight is 296 g/mol. The van der Waals surface area contributed by atoms with Gasteiger partial charge < -0.3 is 9.64 Å². The first-order valence-corrected chi connectivity index (χ1v) is 8.13. The maximum absolute atomic E-state index is 12.4. The standard InChI is InChI=1S/C15H24N2O2S/c1-11(2)14(13-5-4-10-20-13)16-12(3)15(18)17-6-8-19-9-7-17/h4-5,10-12,14,16H,6-9H2,1-3H3. The Kier molecular flexibility index (Phi) is 5.57. The van der Waals surface area contributed by atoms with Crippen LogP contribution in [0.25, 0.3) is 0 Å². The van der Waals surface area contributed by atoms with Gasteiger partial charge in [-0.15, -0.1) is 11.3 Å². The van der Waals surface area contributed by atoms with Crippen molar-refractivity contribution in [2.24, 2.45) is 5.92 Å². The van der Waals surface area contributed by atoms with Gasteiger partial charge in [-0.2, -0.15) is 0 Å². The minimum atomic E-state index is -0.164. The molecule has 2 heterocycles. The lowest BCUT2D eigenvalue weighted by molar-refractivity contribution is -0.137. The number of carbonyl (C=O) groups excluding carboxylic acids is 1. The summed E-state index contributed by atoms with van der Waals surface area (Å²) in [6.45, 7) is 9.04. The number of nitrogens with one attached hydrogen (secondary N) is 1. The van der Waals surface area contributed by atoms with E-state index in [0.29, 0.717) is 32.2 Å². The Bertz CT molecular complexity index is 414. The first-order valence-electron chi connectivity index (χ1n) is 7.25. The van der Waals surface area contributed by atoms with E-state index in [4.69, 9.17) is 4.74 Å². The fraction of sp³-hybridized carbons (Fsp3) is 0.667. The summed E-state index contributed by atoms with van der Waals surface area (Å²) in [5, 5.41) is 5.58. The molecule has 1 saturated heterocycles. The second-order valence-electron chi connectivity index (χ2n) is 5.56. The number of thiophene rings is 1. The van der Waals surface area contributed by atoms with Gasteiger partial charge >= 0.3 is 0 Å². The van der Waals surface area contributed by atoms with Crippen LogP contribution in [0.2, 0.25) is 0 Å². The monoisotopic (exact) mass is 296 g/mol. The maximum Gasteiger partial charge on any atom is 0.239 e. The Morgan fingerprint density at radius 2 is 2.05 bits per heavy atom. The zero-order valence-corrected chi connectivity index (χ0v) is 13.3. The molecule has 1 aromatic rings. The van der Waals surface area contributed by atoms with Gasteiger partial charge in [0.1, 0.15) is 0 Å². The third-order valence-corrected chi connectivity index (χ3v) is 4.59. The molecule has 1 aliphatic rings. The van der Waals surface area contributed by atoms with Crippen molar-refractivity contribution in [1.82, 2.24) is 10.2 Å². The first-order chi connectivity index (χ1) is 9.59. The van der Waals surface area contributed by atoms with Gasteiger partial charge in [0.2, 0.25) is 5.91 Å². The van der Waals surface area contributed by atoms with Crippen LogP contribution < -0.4 is 5.32 Å². The molecule has 0 aromatic carbocycles. The molecule has 5 heteroatoms. The van der Waals surface area contributed by atoms with Crippen LogP contribution in [0.3, 0.4) is 0 Å². The van der Waals surface area contributed by atoms with Gasteiger partial charge in [0.15, 0.2) is 0 Å². The van der Waals surface area contributed by atoms with Crippen molar-refractivity contribution < 1.29 is 9.53 Å². The Hall–Kier alpha value is -0.910. The third-order valence-electron chi connectivity index (χ3n) is 3.64. The number of hydrogen-bond donors (Lipinski definition) is 1. The quantitative estimate of drug-likeness (QED) is 0.906. The molecule has 0 saturated carbocycles. The topological polar surface area (TPSA) is 41.6 Å². The fourth-order valence-electron chi connectivity index (χ4n) is 2.47. The van der Waals surface area contributed by atoms with Crippen molar-refractivity contribution >= 4 is 17.2 Å². The highest BCUT2D eigenvalue weighted by atomic mass is 32.1. The molecule has 1 aliphatic heterocycles. The second kappa shape index (κ2) is 7.20. The lowest BCUT2D eigenvalue weighted by Gasteiger charge is -2.32. The van der Waals surface area contributed by atoms with Crippen LogP contribution in [0, 0.1) is 5.92 Å². The summed E-state index contributed by atoms with van der Waals surface area (Å²) in [5.74, 6) is 0.629. The molecule has 112 valence electrons. The molecular formula is C15H24N2O2S. The van der Waals surface area contributed by atoms with E-state index in [1.165, 1.54) is 4.88 Å². The smallest absolute Gasteiger partial charge is 0.239 e. The van der Waals surface area contributed by atoms with Crippen LogP contribution in [-0.2, 0) is 9.53 Å². The molecule has 0 bridgehead atoms. The highest BCUT2D eigenvalue weighted by Crippen LogP contribution is 2.26. The van der Waals surface area contributed by atoms with E-state index in [-0.39, 0.29) is 18.0 Å². The number of carbonyl (C=O) groups is 1. The molecule has 1 N–H and O–H groups in total. The highest BCUT2D eigenvalue weighted by Gasteiger charge is 2.26. The van der Waals surface area contributed by atoms with Crippen molar-refractivity contribution in [2.75, 3.05) is 26.3 Å². The molecule has 1 amide bonds. The van der Waals surface area contributed by atoms with Gasteiger partial charge in [0.05, 0.1) is 19.3 Å². The van der Waals surface area contributed by atoms with Gasteiger partial charge in [0.25, 0.3) is 0 Å².